The molecule has 0 saturated carbocycles. The predicted octanol–water partition coefficient (Wildman–Crippen LogP) is 2.25. The van der Waals surface area contributed by atoms with Crippen LogP contribution in [0.25, 0.3) is 0 Å². The molecule has 0 radical (unpaired) electrons. The standard InChI is InChI=1S/C18H40O7P2.Na/c1-2-3-4-5-6-7-8-9-10-11-12-13-14-15-16-17-18(19,26(20,21)22)27(23,24)25;/h19H,2-17H2,1H3,(H2,20,21,22)(H2,23,24,25);/q;+1. The minimum Gasteiger partial charge on any atom is -0.368 e. The van der Waals surface area contributed by atoms with Crippen molar-refractivity contribution < 1.29 is 63.4 Å². The molecule has 0 aromatic rings. The van der Waals surface area contributed by atoms with E-state index >= 15 is 0 Å². The third-order valence-electron chi connectivity index (χ3n) is 5.05. The van der Waals surface area contributed by atoms with Crippen LogP contribution in [0.3, 0.4) is 0 Å². The van der Waals surface area contributed by atoms with Crippen molar-refractivity contribution in [3.63, 3.8) is 0 Å². The van der Waals surface area contributed by atoms with Crippen LogP contribution in [0.15, 0.2) is 0 Å². The van der Waals surface area contributed by atoms with Crippen molar-refractivity contribution in [3.8, 4) is 0 Å². The van der Waals surface area contributed by atoms with Crippen molar-refractivity contribution in [3.05, 3.63) is 0 Å². The van der Waals surface area contributed by atoms with Crippen molar-refractivity contribution in [1.29, 1.82) is 0 Å². The van der Waals surface area contributed by atoms with E-state index in [0.717, 1.165) is 19.3 Å². The second-order valence-electron chi connectivity index (χ2n) is 7.56. The van der Waals surface area contributed by atoms with E-state index < -0.39 is 26.7 Å². The van der Waals surface area contributed by atoms with Gasteiger partial charge in [-0.2, -0.15) is 0 Å². The van der Waals surface area contributed by atoms with Gasteiger partial charge in [0, 0.05) is 0 Å². The maximum absolute atomic E-state index is 11.2. The van der Waals surface area contributed by atoms with E-state index in [1.807, 2.05) is 0 Å². The smallest absolute Gasteiger partial charge is 0.368 e. The van der Waals surface area contributed by atoms with Gasteiger partial charge in [0.05, 0.1) is 0 Å². The van der Waals surface area contributed by atoms with Gasteiger partial charge in [-0.25, -0.2) is 0 Å². The molecule has 0 bridgehead atoms. The Morgan fingerprint density at radius 1 is 0.571 bits per heavy atom. The van der Waals surface area contributed by atoms with Crippen molar-refractivity contribution in [1.82, 2.24) is 0 Å². The van der Waals surface area contributed by atoms with Gasteiger partial charge in [-0.1, -0.05) is 96.8 Å². The third kappa shape index (κ3) is 13.5. The topological polar surface area (TPSA) is 135 Å². The molecular formula is C18H40NaO7P2+. The Bertz CT molecular complexity index is 443. The van der Waals surface area contributed by atoms with E-state index in [2.05, 4.69) is 6.92 Å². The van der Waals surface area contributed by atoms with E-state index in [-0.39, 0.29) is 36.0 Å². The molecule has 5 N–H and O–H groups in total. The summed E-state index contributed by atoms with van der Waals surface area (Å²) in [6, 6.07) is 0. The molecule has 0 atom stereocenters. The summed E-state index contributed by atoms with van der Waals surface area (Å²) >= 11 is 0. The van der Waals surface area contributed by atoms with Gasteiger partial charge in [-0.3, -0.25) is 9.13 Å². The molecule has 10 heteroatoms. The van der Waals surface area contributed by atoms with Crippen LogP contribution in [0.4, 0.5) is 0 Å². The fourth-order valence-corrected chi connectivity index (χ4v) is 5.45. The maximum atomic E-state index is 11.2. The van der Waals surface area contributed by atoms with E-state index in [4.69, 9.17) is 19.6 Å². The SMILES string of the molecule is CCCCCCCCCCCCCCCCCC(O)(P(=O)(O)O)P(=O)(O)O.[Na+]. The molecule has 7 nitrogen and oxygen atoms in total. The number of aliphatic hydroxyl groups is 1. The summed E-state index contributed by atoms with van der Waals surface area (Å²) in [6.07, 6.45) is 16.0. The van der Waals surface area contributed by atoms with Crippen molar-refractivity contribution in [2.24, 2.45) is 0 Å². The predicted molar refractivity (Wildman–Crippen MR) is 109 cm³/mol. The molecule has 0 spiro atoms. The van der Waals surface area contributed by atoms with Gasteiger partial charge in [0.15, 0.2) is 0 Å². The first-order chi connectivity index (χ1) is 12.6. The zero-order valence-corrected chi connectivity index (χ0v) is 21.5. The second kappa shape index (κ2) is 16.9. The second-order valence-corrected chi connectivity index (χ2v) is 11.6. The van der Waals surface area contributed by atoms with Crippen molar-refractivity contribution in [2.75, 3.05) is 0 Å². The summed E-state index contributed by atoms with van der Waals surface area (Å²) < 4.78 is 22.5. The fourth-order valence-electron chi connectivity index (χ4n) is 3.19. The first-order valence-corrected chi connectivity index (χ1v) is 13.6. The molecule has 0 heterocycles. The Hall–Kier alpha value is 1.26. The number of unbranched alkanes of at least 4 members (excludes halogenated alkanes) is 14. The Labute approximate surface area is 192 Å². The van der Waals surface area contributed by atoms with Gasteiger partial charge in [-0.15, -0.1) is 0 Å². The number of rotatable bonds is 18. The van der Waals surface area contributed by atoms with Gasteiger partial charge in [0.1, 0.15) is 0 Å². The first-order valence-electron chi connectivity index (χ1n) is 10.4. The maximum Gasteiger partial charge on any atom is 1.00 e. The Morgan fingerprint density at radius 2 is 0.821 bits per heavy atom. The molecule has 0 aliphatic rings. The van der Waals surface area contributed by atoms with Crippen LogP contribution in [0, 0.1) is 0 Å². The number of hydrogen-bond donors (Lipinski definition) is 5. The van der Waals surface area contributed by atoms with Gasteiger partial charge in [0.25, 0.3) is 5.08 Å². The summed E-state index contributed by atoms with van der Waals surface area (Å²) in [7, 11) is -10.6. The van der Waals surface area contributed by atoms with Crippen LogP contribution in [-0.4, -0.2) is 29.8 Å². The molecule has 0 aromatic carbocycles. The zero-order chi connectivity index (χ0) is 20.8. The largest absolute Gasteiger partial charge is 1.00 e. The minimum absolute atomic E-state index is 0. The van der Waals surface area contributed by atoms with Gasteiger partial charge in [0.2, 0.25) is 0 Å². The van der Waals surface area contributed by atoms with E-state index in [1.165, 1.54) is 64.2 Å². The number of hydrogen-bond acceptors (Lipinski definition) is 3. The molecule has 0 rings (SSSR count). The molecule has 164 valence electrons. The van der Waals surface area contributed by atoms with Crippen LogP contribution in [0.5, 0.6) is 0 Å². The van der Waals surface area contributed by atoms with Crippen LogP contribution in [0.1, 0.15) is 110 Å². The summed E-state index contributed by atoms with van der Waals surface area (Å²) in [5.41, 5.74) is 0. The Morgan fingerprint density at radius 3 is 1.07 bits per heavy atom. The fraction of sp³-hybridized carbons (Fsp3) is 1.00. The normalized spacial score (nSPS) is 12.8. The third-order valence-corrected chi connectivity index (χ3v) is 8.93. The molecule has 0 amide bonds. The Kier molecular flexibility index (Phi) is 19.0. The Balaban J connectivity index is 0. The average Bonchev–Trinajstić information content (AvgIpc) is 2.56. The van der Waals surface area contributed by atoms with Gasteiger partial charge >= 0.3 is 44.7 Å². The molecule has 0 aliphatic carbocycles. The minimum atomic E-state index is -5.31. The van der Waals surface area contributed by atoms with Crippen LogP contribution >= 0.6 is 15.2 Å². The molecule has 0 unspecified atom stereocenters. The van der Waals surface area contributed by atoms with E-state index in [0.29, 0.717) is 6.42 Å². The summed E-state index contributed by atoms with van der Waals surface area (Å²) in [6.45, 7) is 2.23. The monoisotopic (exact) mass is 453 g/mol. The van der Waals surface area contributed by atoms with E-state index in [9.17, 15) is 14.2 Å². The molecule has 28 heavy (non-hydrogen) atoms. The quantitative estimate of drug-likeness (QED) is 0.122. The molecule has 0 fully saturated rings. The van der Waals surface area contributed by atoms with Crippen LogP contribution in [0.2, 0.25) is 0 Å². The molecule has 0 saturated heterocycles. The van der Waals surface area contributed by atoms with Crippen molar-refractivity contribution in [2.45, 2.75) is 115 Å². The van der Waals surface area contributed by atoms with Crippen molar-refractivity contribution >= 4 is 15.2 Å². The molecular weight excluding hydrogens is 413 g/mol. The summed E-state index contributed by atoms with van der Waals surface area (Å²) in [5, 5.41) is 6.51. The average molecular weight is 453 g/mol. The summed E-state index contributed by atoms with van der Waals surface area (Å²) in [4.78, 5) is 36.2. The van der Waals surface area contributed by atoms with E-state index in [1.54, 1.807) is 0 Å². The van der Waals surface area contributed by atoms with Gasteiger partial charge in [-0.05, 0) is 12.8 Å². The summed E-state index contributed by atoms with van der Waals surface area (Å²) in [5.74, 6) is 0. The zero-order valence-electron chi connectivity index (χ0n) is 17.8. The molecule has 0 aliphatic heterocycles. The first kappa shape index (κ1) is 31.4. The van der Waals surface area contributed by atoms with Gasteiger partial charge < -0.3 is 24.7 Å². The molecule has 0 aromatic heterocycles. The van der Waals surface area contributed by atoms with Crippen LogP contribution in [-0.2, 0) is 9.13 Å². The van der Waals surface area contributed by atoms with Crippen LogP contribution < -0.4 is 29.6 Å².